The molecule has 3 N–H and O–H groups in total. The molecule has 1 fully saturated rings. The highest BCUT2D eigenvalue weighted by atomic mass is 16.4. The Balaban J connectivity index is 2.64. The van der Waals surface area contributed by atoms with Crippen LogP contribution >= 0.6 is 0 Å². The van der Waals surface area contributed by atoms with Crippen molar-refractivity contribution < 1.29 is 14.7 Å². The first-order chi connectivity index (χ1) is 8.34. The van der Waals surface area contributed by atoms with Gasteiger partial charge >= 0.3 is 5.97 Å². The van der Waals surface area contributed by atoms with E-state index in [0.717, 1.165) is 0 Å². The molecular formula is C13H24N2O3. The van der Waals surface area contributed by atoms with E-state index in [4.69, 9.17) is 5.73 Å². The number of likely N-dealkylation sites (tertiary alicyclic amines) is 1. The average Bonchev–Trinajstić information content (AvgIpc) is 2.36. The Morgan fingerprint density at radius 1 is 1.33 bits per heavy atom. The molecule has 1 heterocycles. The molecule has 0 aromatic rings. The molecule has 1 amide bonds. The fraction of sp³-hybridized carbons (Fsp3) is 0.846. The molecule has 0 aromatic heterocycles. The lowest BCUT2D eigenvalue weighted by atomic mass is 9.76. The lowest BCUT2D eigenvalue weighted by Crippen LogP contribution is -2.52. The largest absolute Gasteiger partial charge is 0.481 e. The van der Waals surface area contributed by atoms with Crippen LogP contribution in [0.15, 0.2) is 0 Å². The number of amides is 1. The number of carboxylic acids is 1. The Morgan fingerprint density at radius 2 is 1.83 bits per heavy atom. The molecule has 0 aliphatic carbocycles. The summed E-state index contributed by atoms with van der Waals surface area (Å²) in [5.74, 6) is -0.694. The zero-order chi connectivity index (χ0) is 13.9. The summed E-state index contributed by atoms with van der Waals surface area (Å²) >= 11 is 0. The molecule has 0 aromatic carbocycles. The highest BCUT2D eigenvalue weighted by molar-refractivity contribution is 5.82. The molecule has 1 atom stereocenters. The van der Waals surface area contributed by atoms with Gasteiger partial charge in [0.2, 0.25) is 5.91 Å². The van der Waals surface area contributed by atoms with Crippen LogP contribution in [0, 0.1) is 11.3 Å². The minimum absolute atomic E-state index is 0.0555. The Kier molecular flexibility index (Phi) is 4.73. The third kappa shape index (κ3) is 2.83. The fourth-order valence-corrected chi connectivity index (χ4v) is 2.37. The highest BCUT2D eigenvalue weighted by Crippen LogP contribution is 2.35. The summed E-state index contributed by atoms with van der Waals surface area (Å²) < 4.78 is 0. The van der Waals surface area contributed by atoms with Crippen molar-refractivity contribution in [3.8, 4) is 0 Å². The molecular weight excluding hydrogens is 232 g/mol. The van der Waals surface area contributed by atoms with Gasteiger partial charge in [-0.25, -0.2) is 0 Å². The van der Waals surface area contributed by atoms with Crippen molar-refractivity contribution in [1.82, 2.24) is 4.90 Å². The molecule has 104 valence electrons. The molecule has 18 heavy (non-hydrogen) atoms. The van der Waals surface area contributed by atoms with Gasteiger partial charge in [-0.15, -0.1) is 0 Å². The summed E-state index contributed by atoms with van der Waals surface area (Å²) in [6.07, 6.45) is 1.66. The Labute approximate surface area is 108 Å². The maximum atomic E-state index is 12.1. The van der Waals surface area contributed by atoms with E-state index < -0.39 is 17.4 Å². The number of carboxylic acid groups (broad SMARTS) is 1. The first kappa shape index (κ1) is 15.0. The van der Waals surface area contributed by atoms with Gasteiger partial charge in [0.15, 0.2) is 0 Å². The van der Waals surface area contributed by atoms with Gasteiger partial charge in [0.1, 0.15) is 0 Å². The topological polar surface area (TPSA) is 83.6 Å². The van der Waals surface area contributed by atoms with Gasteiger partial charge in [-0.2, -0.15) is 0 Å². The van der Waals surface area contributed by atoms with Crippen molar-refractivity contribution >= 4 is 11.9 Å². The number of nitrogens with two attached hydrogens (primary N) is 1. The van der Waals surface area contributed by atoms with Crippen LogP contribution in [0.1, 0.15) is 40.0 Å². The minimum atomic E-state index is -0.745. The second-order valence-corrected chi connectivity index (χ2v) is 5.53. The van der Waals surface area contributed by atoms with Crippen molar-refractivity contribution in [2.45, 2.75) is 46.1 Å². The van der Waals surface area contributed by atoms with Gasteiger partial charge in [-0.3, -0.25) is 9.59 Å². The molecule has 0 radical (unpaired) electrons. The lowest BCUT2D eigenvalue weighted by Gasteiger charge is -2.39. The Bertz CT molecular complexity index is 320. The molecule has 0 bridgehead atoms. The van der Waals surface area contributed by atoms with Crippen molar-refractivity contribution in [3.63, 3.8) is 0 Å². The normalized spacial score (nSPS) is 20.8. The maximum Gasteiger partial charge on any atom is 0.309 e. The van der Waals surface area contributed by atoms with Crippen LogP contribution in [0.2, 0.25) is 0 Å². The minimum Gasteiger partial charge on any atom is -0.481 e. The van der Waals surface area contributed by atoms with Crippen molar-refractivity contribution in [2.75, 3.05) is 13.1 Å². The van der Waals surface area contributed by atoms with E-state index in [-0.39, 0.29) is 11.8 Å². The number of piperidine rings is 1. The SMILES string of the molecule is CCC1(C(=O)O)CCN(C(=O)[C@H](N)C(C)C)CC1. The van der Waals surface area contributed by atoms with Gasteiger partial charge in [-0.05, 0) is 25.2 Å². The average molecular weight is 256 g/mol. The maximum absolute atomic E-state index is 12.1. The van der Waals surface area contributed by atoms with E-state index in [9.17, 15) is 14.7 Å². The quantitative estimate of drug-likeness (QED) is 0.788. The predicted octanol–water partition coefficient (Wildman–Crippen LogP) is 1.07. The Hall–Kier alpha value is -1.10. The number of carbonyl (C=O) groups excluding carboxylic acids is 1. The molecule has 5 heteroatoms. The van der Waals surface area contributed by atoms with Gasteiger partial charge in [-0.1, -0.05) is 20.8 Å². The first-order valence-corrected chi connectivity index (χ1v) is 6.62. The molecule has 0 spiro atoms. The third-order valence-corrected chi connectivity index (χ3v) is 4.17. The van der Waals surface area contributed by atoms with E-state index in [0.29, 0.717) is 32.4 Å². The van der Waals surface area contributed by atoms with Crippen molar-refractivity contribution in [3.05, 3.63) is 0 Å². The van der Waals surface area contributed by atoms with Crippen LogP contribution in [0.5, 0.6) is 0 Å². The zero-order valence-corrected chi connectivity index (χ0v) is 11.5. The second-order valence-electron chi connectivity index (χ2n) is 5.53. The fourth-order valence-electron chi connectivity index (χ4n) is 2.37. The van der Waals surface area contributed by atoms with Gasteiger partial charge in [0.25, 0.3) is 0 Å². The van der Waals surface area contributed by atoms with Crippen LogP contribution in [-0.2, 0) is 9.59 Å². The molecule has 1 aliphatic rings. The summed E-state index contributed by atoms with van der Waals surface area (Å²) in [5.41, 5.74) is 5.19. The number of carbonyl (C=O) groups is 2. The summed E-state index contributed by atoms with van der Waals surface area (Å²) in [5, 5.41) is 9.28. The zero-order valence-electron chi connectivity index (χ0n) is 11.5. The molecule has 1 aliphatic heterocycles. The van der Waals surface area contributed by atoms with Crippen LogP contribution in [0.25, 0.3) is 0 Å². The van der Waals surface area contributed by atoms with E-state index in [1.165, 1.54) is 0 Å². The van der Waals surface area contributed by atoms with Crippen molar-refractivity contribution in [2.24, 2.45) is 17.1 Å². The smallest absolute Gasteiger partial charge is 0.309 e. The van der Waals surface area contributed by atoms with Crippen LogP contribution in [0.4, 0.5) is 0 Å². The summed E-state index contributed by atoms with van der Waals surface area (Å²) in [7, 11) is 0. The van der Waals surface area contributed by atoms with E-state index in [1.54, 1.807) is 4.90 Å². The van der Waals surface area contributed by atoms with Gasteiger partial charge in [0.05, 0.1) is 11.5 Å². The standard InChI is InChI=1S/C13H24N2O3/c1-4-13(12(17)18)5-7-15(8-6-13)11(16)10(14)9(2)3/h9-10H,4-8,14H2,1-3H3,(H,17,18)/t10-/m1/s1. The monoisotopic (exact) mass is 256 g/mol. The molecule has 5 nitrogen and oxygen atoms in total. The number of aliphatic carboxylic acids is 1. The summed E-state index contributed by atoms with van der Waals surface area (Å²) in [4.78, 5) is 25.1. The predicted molar refractivity (Wildman–Crippen MR) is 69.0 cm³/mol. The molecule has 1 rings (SSSR count). The summed E-state index contributed by atoms with van der Waals surface area (Å²) in [6, 6.07) is -0.482. The molecule has 1 saturated heterocycles. The highest BCUT2D eigenvalue weighted by Gasteiger charge is 2.41. The van der Waals surface area contributed by atoms with Gasteiger partial charge in [0, 0.05) is 13.1 Å². The number of hydrogen-bond donors (Lipinski definition) is 2. The summed E-state index contributed by atoms with van der Waals surface area (Å²) in [6.45, 7) is 6.73. The first-order valence-electron chi connectivity index (χ1n) is 6.62. The van der Waals surface area contributed by atoms with Gasteiger partial charge < -0.3 is 15.7 Å². The second kappa shape index (κ2) is 5.69. The molecule has 0 saturated carbocycles. The van der Waals surface area contributed by atoms with Crippen LogP contribution in [0.3, 0.4) is 0 Å². The molecule has 0 unspecified atom stereocenters. The van der Waals surface area contributed by atoms with E-state index >= 15 is 0 Å². The van der Waals surface area contributed by atoms with Crippen LogP contribution < -0.4 is 5.73 Å². The van der Waals surface area contributed by atoms with Crippen LogP contribution in [-0.4, -0.2) is 41.0 Å². The Morgan fingerprint density at radius 3 is 2.17 bits per heavy atom. The number of nitrogens with zero attached hydrogens (tertiary/aromatic N) is 1. The van der Waals surface area contributed by atoms with E-state index in [1.807, 2.05) is 20.8 Å². The number of hydrogen-bond acceptors (Lipinski definition) is 3. The van der Waals surface area contributed by atoms with E-state index in [2.05, 4.69) is 0 Å². The number of rotatable bonds is 4. The van der Waals surface area contributed by atoms with Crippen molar-refractivity contribution in [1.29, 1.82) is 0 Å². The lowest BCUT2D eigenvalue weighted by molar-refractivity contribution is -0.155. The third-order valence-electron chi connectivity index (χ3n) is 4.17.